The van der Waals surface area contributed by atoms with Gasteiger partial charge in [-0.3, -0.25) is 4.79 Å². The Bertz CT molecular complexity index is 388. The quantitative estimate of drug-likeness (QED) is 0.543. The molecule has 0 radical (unpaired) electrons. The lowest BCUT2D eigenvalue weighted by molar-refractivity contribution is -0.162. The van der Waals surface area contributed by atoms with Gasteiger partial charge in [0.1, 0.15) is 18.3 Å². The van der Waals surface area contributed by atoms with E-state index in [0.717, 1.165) is 6.92 Å². The molecule has 1 aliphatic carbocycles. The van der Waals surface area contributed by atoms with E-state index in [9.17, 15) is 23.8 Å². The van der Waals surface area contributed by atoms with Crippen molar-refractivity contribution in [2.75, 3.05) is 14.2 Å². The molecule has 5 N–H and O–H groups in total. The zero-order valence-electron chi connectivity index (χ0n) is 16.8. The van der Waals surface area contributed by atoms with Gasteiger partial charge in [-0.05, 0) is 6.42 Å². The molecule has 1 saturated carbocycles. The molecule has 26 heavy (non-hydrogen) atoms. The summed E-state index contributed by atoms with van der Waals surface area (Å²) in [4.78, 5) is 11.7. The van der Waals surface area contributed by atoms with E-state index in [4.69, 9.17) is 15.2 Å². The number of aliphatic hydroxyl groups is 2. The van der Waals surface area contributed by atoms with Crippen molar-refractivity contribution in [2.45, 2.75) is 89.9 Å². The summed E-state index contributed by atoms with van der Waals surface area (Å²) in [5, 5.41) is 21.8. The van der Waals surface area contributed by atoms with Crippen molar-refractivity contribution in [1.29, 1.82) is 0 Å². The zero-order chi connectivity index (χ0) is 21.1. The van der Waals surface area contributed by atoms with Crippen molar-refractivity contribution in [2.24, 2.45) is 5.73 Å². The largest absolute Gasteiger partial charge is 0.388 e. The maximum atomic E-state index is 13.3. The Hall–Kier alpha value is -0.870. The summed E-state index contributed by atoms with van der Waals surface area (Å²) in [5.74, 6) is -4.80. The normalized spacial score (nSPS) is 29.5. The molecule has 1 aliphatic rings. The predicted molar refractivity (Wildman–Crippen MR) is 96.1 cm³/mol. The van der Waals surface area contributed by atoms with Crippen molar-refractivity contribution in [3.8, 4) is 0 Å². The summed E-state index contributed by atoms with van der Waals surface area (Å²) in [6, 6.07) is -1.48. The van der Waals surface area contributed by atoms with Crippen molar-refractivity contribution in [1.82, 2.24) is 5.32 Å². The van der Waals surface area contributed by atoms with E-state index in [-0.39, 0.29) is 6.42 Å². The Labute approximate surface area is 155 Å². The van der Waals surface area contributed by atoms with E-state index in [1.165, 1.54) is 14.2 Å². The number of hydrogen-bond donors (Lipinski definition) is 4. The minimum absolute atomic E-state index is 0.107. The highest BCUT2D eigenvalue weighted by molar-refractivity contribution is 5.82. The van der Waals surface area contributed by atoms with Gasteiger partial charge in [0, 0.05) is 26.7 Å². The van der Waals surface area contributed by atoms with E-state index >= 15 is 0 Å². The van der Waals surface area contributed by atoms with Gasteiger partial charge in [0.05, 0.1) is 6.04 Å². The number of nitrogens with two attached hydrogens (primary N) is 1. The molecule has 0 saturated heterocycles. The molecule has 1 unspecified atom stereocenters. The number of halogens is 2. The number of alkyl halides is 2. The molecule has 0 aliphatic heterocycles. The molecule has 0 aromatic rings. The number of ether oxygens (including phenoxy) is 2. The highest BCUT2D eigenvalue weighted by Crippen LogP contribution is 2.26. The molecule has 1 rings (SSSR count). The van der Waals surface area contributed by atoms with Gasteiger partial charge in [-0.2, -0.15) is 0 Å². The van der Waals surface area contributed by atoms with Crippen LogP contribution in [-0.4, -0.2) is 72.8 Å². The first kappa shape index (κ1) is 27.3. The molecule has 0 bridgehead atoms. The molecule has 158 valence electrons. The van der Waals surface area contributed by atoms with Crippen molar-refractivity contribution in [3.63, 3.8) is 0 Å². The Balaban J connectivity index is 0. The number of amides is 1. The van der Waals surface area contributed by atoms with Gasteiger partial charge in [-0.1, -0.05) is 34.6 Å². The van der Waals surface area contributed by atoms with E-state index in [0.29, 0.717) is 0 Å². The van der Waals surface area contributed by atoms with Gasteiger partial charge >= 0.3 is 0 Å². The lowest BCUT2D eigenvalue weighted by Crippen LogP contribution is -2.65. The van der Waals surface area contributed by atoms with Crippen LogP contribution >= 0.6 is 0 Å². The van der Waals surface area contributed by atoms with Gasteiger partial charge in [-0.25, -0.2) is 8.78 Å². The van der Waals surface area contributed by atoms with Crippen LogP contribution in [0.25, 0.3) is 0 Å². The summed E-state index contributed by atoms with van der Waals surface area (Å²) in [6.45, 7) is 9.16. The van der Waals surface area contributed by atoms with Gasteiger partial charge in [0.2, 0.25) is 0 Å². The molecule has 1 fully saturated rings. The number of carbonyl (C=O) groups is 1. The fourth-order valence-corrected chi connectivity index (χ4v) is 2.61. The van der Waals surface area contributed by atoms with Crippen LogP contribution in [0.4, 0.5) is 8.78 Å². The molecular formula is C17H36F2N2O5. The second kappa shape index (κ2) is 13.3. The zero-order valence-corrected chi connectivity index (χ0v) is 16.8. The Kier molecular flexibility index (Phi) is 14.0. The molecule has 1 amide bonds. The van der Waals surface area contributed by atoms with Crippen molar-refractivity contribution in [3.05, 3.63) is 0 Å². The summed E-state index contributed by atoms with van der Waals surface area (Å²) >= 11 is 0. The van der Waals surface area contributed by atoms with Crippen LogP contribution in [-0.2, 0) is 14.3 Å². The number of aliphatic hydroxyl groups excluding tert-OH is 2. The second-order valence-electron chi connectivity index (χ2n) is 5.42. The first-order valence-electron chi connectivity index (χ1n) is 9.05. The summed E-state index contributed by atoms with van der Waals surface area (Å²) in [6.07, 6.45) is -5.66. The third-order valence-corrected chi connectivity index (χ3v) is 4.01. The number of carbonyl (C=O) groups excluding carboxylic acids is 1. The minimum atomic E-state index is -3.54. The van der Waals surface area contributed by atoms with E-state index < -0.39 is 54.8 Å². The summed E-state index contributed by atoms with van der Waals surface area (Å²) in [5.41, 5.74) is 5.89. The SMILES string of the molecule is CC.CC.CCC(F)(F)C(O)C(=O)N[C@@H]1C[C@H](N)[C@@H](OC)[C@H](OC)[C@H]1O. The van der Waals surface area contributed by atoms with Crippen molar-refractivity contribution >= 4 is 5.91 Å². The van der Waals surface area contributed by atoms with Crippen LogP contribution in [0.15, 0.2) is 0 Å². The number of nitrogens with one attached hydrogen (secondary N) is 1. The number of rotatable bonds is 6. The van der Waals surface area contributed by atoms with Gasteiger partial charge in [-0.15, -0.1) is 0 Å². The van der Waals surface area contributed by atoms with Crippen LogP contribution in [0.5, 0.6) is 0 Å². The summed E-state index contributed by atoms with van der Waals surface area (Å²) < 4.78 is 37.0. The van der Waals surface area contributed by atoms with Crippen LogP contribution < -0.4 is 11.1 Å². The lowest BCUT2D eigenvalue weighted by atomic mass is 9.84. The third-order valence-electron chi connectivity index (χ3n) is 4.01. The fraction of sp³-hybridized carbons (Fsp3) is 0.941. The Morgan fingerprint density at radius 2 is 1.69 bits per heavy atom. The van der Waals surface area contributed by atoms with Crippen LogP contribution in [0.1, 0.15) is 47.5 Å². The molecule has 9 heteroatoms. The molecule has 7 nitrogen and oxygen atoms in total. The maximum Gasteiger partial charge on any atom is 0.282 e. The first-order valence-corrected chi connectivity index (χ1v) is 9.05. The minimum Gasteiger partial charge on any atom is -0.388 e. The lowest BCUT2D eigenvalue weighted by Gasteiger charge is -2.42. The smallest absolute Gasteiger partial charge is 0.282 e. The average molecular weight is 386 g/mol. The first-order chi connectivity index (χ1) is 12.2. The van der Waals surface area contributed by atoms with Crippen molar-refractivity contribution < 1.29 is 33.3 Å². The molecular weight excluding hydrogens is 350 g/mol. The monoisotopic (exact) mass is 386 g/mol. The fourth-order valence-electron chi connectivity index (χ4n) is 2.61. The van der Waals surface area contributed by atoms with E-state index in [2.05, 4.69) is 5.32 Å². The predicted octanol–water partition coefficient (Wildman–Crippen LogP) is 1.05. The molecule has 0 aromatic heterocycles. The standard InChI is InChI=1S/C13H24F2N2O5.2C2H6/c1-4-13(14,15)11(19)12(20)17-7-5-6(16)9(21-2)10(22-3)8(7)18;2*1-2/h6-11,18-19H,4-5,16H2,1-3H3,(H,17,20);2*1-2H3/t6-,7+,8-,9+,10+,11?;;/m0../s1. The van der Waals surface area contributed by atoms with Gasteiger partial charge in [0.25, 0.3) is 11.8 Å². The maximum absolute atomic E-state index is 13.3. The Morgan fingerprint density at radius 1 is 1.23 bits per heavy atom. The Morgan fingerprint density at radius 3 is 2.08 bits per heavy atom. The highest BCUT2D eigenvalue weighted by Gasteiger charge is 2.47. The molecule has 0 spiro atoms. The highest BCUT2D eigenvalue weighted by atomic mass is 19.3. The molecule has 0 aromatic carbocycles. The third kappa shape index (κ3) is 7.03. The molecule has 0 heterocycles. The average Bonchev–Trinajstić information content (AvgIpc) is 2.66. The number of methoxy groups -OCH3 is 2. The second-order valence-corrected chi connectivity index (χ2v) is 5.42. The number of hydrogen-bond acceptors (Lipinski definition) is 6. The van der Waals surface area contributed by atoms with Gasteiger partial charge < -0.3 is 30.7 Å². The summed E-state index contributed by atoms with van der Waals surface area (Å²) in [7, 11) is 2.75. The van der Waals surface area contributed by atoms with Gasteiger partial charge in [0.15, 0.2) is 6.10 Å². The van der Waals surface area contributed by atoms with Crippen LogP contribution in [0.2, 0.25) is 0 Å². The van der Waals surface area contributed by atoms with Crippen LogP contribution in [0, 0.1) is 0 Å². The van der Waals surface area contributed by atoms with Crippen LogP contribution in [0.3, 0.4) is 0 Å². The van der Waals surface area contributed by atoms with E-state index in [1.807, 2.05) is 27.7 Å². The topological polar surface area (TPSA) is 114 Å². The van der Waals surface area contributed by atoms with E-state index in [1.54, 1.807) is 0 Å². The molecule has 6 atom stereocenters.